The van der Waals surface area contributed by atoms with Crippen molar-refractivity contribution in [3.8, 4) is 0 Å². The van der Waals surface area contributed by atoms with Crippen LogP contribution in [0.25, 0.3) is 0 Å². The van der Waals surface area contributed by atoms with Crippen molar-refractivity contribution in [1.82, 2.24) is 0 Å². The Balaban J connectivity index is 0.000000478. The molecule has 2 aromatic rings. The third-order valence-corrected chi connectivity index (χ3v) is 2.98. The molecule has 0 aliphatic carbocycles. The normalized spacial score (nSPS) is 10.2. The Bertz CT molecular complexity index is 595. The van der Waals surface area contributed by atoms with E-state index in [1.54, 1.807) is 0 Å². The van der Waals surface area contributed by atoms with Gasteiger partial charge in [-0.25, -0.2) is 0 Å². The van der Waals surface area contributed by atoms with Gasteiger partial charge >= 0.3 is 0 Å². The van der Waals surface area contributed by atoms with Crippen LogP contribution in [0.1, 0.15) is 18.1 Å². The fourth-order valence-corrected chi connectivity index (χ4v) is 1.54. The van der Waals surface area contributed by atoms with Gasteiger partial charge in [-0.05, 0) is 0 Å². The Morgan fingerprint density at radius 3 is 1.36 bits per heavy atom. The smallest absolute Gasteiger partial charge is 0.103 e. The standard InChI is InChI=1S/C14H13.CHF2O3S.Rf/c1-12(13-8-4-2-5-9-13)14-10-6-3-7-11-14;2-1(3)7(4,5)6;/h2-11H,1H3;(H,4,5,6);/q2*-1;/p-1. The van der Waals surface area contributed by atoms with Gasteiger partial charge in [0.2, 0.25) is 0 Å². The molecule has 0 fully saturated rings. The van der Waals surface area contributed by atoms with Crippen LogP contribution in [0, 0.1) is 11.7 Å². The Hall–Kier alpha value is -2.92. The van der Waals surface area contributed by atoms with Crippen LogP contribution in [0.5, 0.6) is 0 Å². The zero-order chi connectivity index (χ0) is 15.9. The van der Waals surface area contributed by atoms with Crippen molar-refractivity contribution in [2.75, 3.05) is 0 Å². The maximum absolute atomic E-state index is 10.6. The number of benzene rings is 2. The summed E-state index contributed by atoms with van der Waals surface area (Å²) in [5, 5.41) is 0. The molecule has 0 atom stereocenters. The second kappa shape index (κ2) is 8.39. The van der Waals surface area contributed by atoms with Gasteiger partial charge in [-0.1, -0.05) is 43.3 Å². The molecular formula is C15H13F2O3RfS-3. The molecule has 0 aliphatic heterocycles. The number of hydrogen-bond donors (Lipinski definition) is 0. The molecule has 0 saturated carbocycles. The van der Waals surface area contributed by atoms with Gasteiger partial charge in [0, 0.05) is 10.1 Å². The van der Waals surface area contributed by atoms with E-state index in [-0.39, 0.29) is 0 Å². The quantitative estimate of drug-likeness (QED) is 0.414. The largest absolute Gasteiger partial charge is 0.770 e. The van der Waals surface area contributed by atoms with Crippen molar-refractivity contribution in [3.05, 3.63) is 83.5 Å². The van der Waals surface area contributed by atoms with Crippen molar-refractivity contribution in [2.24, 2.45) is 0 Å². The molecule has 0 aliphatic rings. The zero-order valence-electron chi connectivity index (χ0n) is 11.9. The van der Waals surface area contributed by atoms with Crippen molar-refractivity contribution >= 4 is 10.1 Å². The first-order chi connectivity index (χ1) is 9.82. The molecule has 0 heterocycles. The van der Waals surface area contributed by atoms with Gasteiger partial charge in [0.15, 0.2) is 0 Å². The van der Waals surface area contributed by atoms with Gasteiger partial charge in [0.25, 0.3) is 0 Å². The molecule has 0 amide bonds. The second-order valence-corrected chi connectivity index (χ2v) is 5.25. The Morgan fingerprint density at radius 1 is 0.864 bits per heavy atom. The van der Waals surface area contributed by atoms with E-state index in [4.69, 9.17) is 13.0 Å². The predicted molar refractivity (Wildman–Crippen MR) is 75.2 cm³/mol. The first kappa shape index (κ1) is 19.1. The van der Waals surface area contributed by atoms with Crippen LogP contribution in [0.15, 0.2) is 60.7 Å². The van der Waals surface area contributed by atoms with E-state index in [2.05, 4.69) is 55.5 Å². The predicted octanol–water partition coefficient (Wildman–Crippen LogP) is 3.59. The maximum Gasteiger partial charge on any atom is 0.103 e. The molecule has 3 nitrogen and oxygen atoms in total. The van der Waals surface area contributed by atoms with Crippen LogP contribution in [0.2, 0.25) is 0 Å². The minimum absolute atomic E-state index is 0. The first-order valence-electron chi connectivity index (χ1n) is 5.90. The average molecular weight is 578 g/mol. The molecular weight excluding hydrogens is 565 g/mol. The van der Waals surface area contributed by atoms with Crippen LogP contribution in [-0.2, 0) is 10.1 Å². The van der Waals surface area contributed by atoms with Gasteiger partial charge in [-0.2, -0.15) is 0 Å². The minimum atomic E-state index is -5.41. The van der Waals surface area contributed by atoms with Crippen molar-refractivity contribution in [2.45, 2.75) is 6.92 Å². The zero-order valence-corrected chi connectivity index (χ0v) is 19.1. The summed E-state index contributed by atoms with van der Waals surface area (Å²) in [4.78, 5) is 0. The average Bonchev–Trinajstić information content (AvgIpc) is 2.48. The van der Waals surface area contributed by atoms with Crippen molar-refractivity contribution in [3.63, 3.8) is 0 Å². The topological polar surface area (TPSA) is 57.2 Å². The van der Waals surface area contributed by atoms with Crippen LogP contribution >= 0.6 is 0 Å². The summed E-state index contributed by atoms with van der Waals surface area (Å²) in [7, 11) is -5.41. The van der Waals surface area contributed by atoms with E-state index in [1.807, 2.05) is 12.1 Å². The van der Waals surface area contributed by atoms with Crippen molar-refractivity contribution < 1.29 is 21.8 Å². The van der Waals surface area contributed by atoms with E-state index in [9.17, 15) is 8.78 Å². The van der Waals surface area contributed by atoms with E-state index in [0.717, 1.165) is 0 Å². The molecule has 2 aromatic carbocycles. The summed E-state index contributed by atoms with van der Waals surface area (Å²) in [6.07, 6.45) is 0. The van der Waals surface area contributed by atoms with E-state index >= 15 is 0 Å². The molecule has 7 heteroatoms. The number of rotatable bonds is 3. The molecule has 0 spiro atoms. The van der Waals surface area contributed by atoms with E-state index in [0.29, 0.717) is 0 Å². The molecule has 22 heavy (non-hydrogen) atoms. The fourth-order valence-electron chi connectivity index (χ4n) is 1.54. The number of halogens is 2. The van der Waals surface area contributed by atoms with Gasteiger partial charge in [-0.15, -0.1) is 41.3 Å². The summed E-state index contributed by atoms with van der Waals surface area (Å²) in [6.45, 7) is 2.16. The summed E-state index contributed by atoms with van der Waals surface area (Å²) < 4.78 is 48.1. The van der Waals surface area contributed by atoms with Crippen LogP contribution < -0.4 is 0 Å². The monoisotopic (exact) mass is 578 g/mol. The van der Waals surface area contributed by atoms with Gasteiger partial charge in [-0.3, -0.25) is 8.42 Å². The summed E-state index contributed by atoms with van der Waals surface area (Å²) in [6, 6.07) is 20.9. The molecule has 0 aromatic heterocycles. The summed E-state index contributed by atoms with van der Waals surface area (Å²) >= 11 is 0. The van der Waals surface area contributed by atoms with Gasteiger partial charge in [0.1, 0.15) is 5.76 Å². The molecule has 2 rings (SSSR count). The molecule has 0 N–H and O–H groups in total. The third-order valence-electron chi connectivity index (χ3n) is 2.60. The summed E-state index contributed by atoms with van der Waals surface area (Å²) in [5.41, 5.74) is 2.58. The van der Waals surface area contributed by atoms with Gasteiger partial charge < -0.3 is 13.3 Å². The Morgan fingerprint density at radius 2 is 1.14 bits per heavy atom. The summed E-state index contributed by atoms with van der Waals surface area (Å²) in [5.74, 6) is -1.77. The molecule has 0 unspecified atom stereocenters. The van der Waals surface area contributed by atoms with Crippen molar-refractivity contribution in [1.29, 1.82) is 0 Å². The molecule has 0 saturated heterocycles. The number of hydrogen-bond acceptors (Lipinski definition) is 3. The Labute approximate surface area is 123 Å². The van der Waals surface area contributed by atoms with Crippen LogP contribution in [-0.4, -0.2) is 13.0 Å². The molecule has 0 radical (unpaired) electrons. The second-order valence-electron chi connectivity index (χ2n) is 4.04. The maximum atomic E-state index is 10.6. The fraction of sp³-hybridized carbons (Fsp3) is 0.0667. The Kier molecular flexibility index (Phi) is 7.27. The molecule has 0 bridgehead atoms. The third kappa shape index (κ3) is 6.02. The van der Waals surface area contributed by atoms with Crippen LogP contribution in [0.3, 0.4) is 0 Å². The van der Waals surface area contributed by atoms with E-state index < -0.39 is 15.9 Å². The molecule has 116 valence electrons. The first-order valence-corrected chi connectivity index (χ1v) is 7.31. The van der Waals surface area contributed by atoms with Gasteiger partial charge in [0.05, 0.1) is 0 Å². The van der Waals surface area contributed by atoms with E-state index in [1.165, 1.54) is 17.0 Å². The SMILES string of the molecule is C[C-](c1ccccc1)c1ccccc1.O=S(=O)([O-])[C-](F)F.[Rf]. The minimum Gasteiger partial charge on any atom is -0.770 e. The van der Waals surface area contributed by atoms with Crippen LogP contribution in [0.4, 0.5) is 8.78 Å².